The number of carbonyl (C=O) groups excluding carboxylic acids is 2. The summed E-state index contributed by atoms with van der Waals surface area (Å²) in [6, 6.07) is 7.03. The van der Waals surface area contributed by atoms with Crippen LogP contribution in [0.2, 0.25) is 0 Å². The summed E-state index contributed by atoms with van der Waals surface area (Å²) in [5, 5.41) is 2.70. The molecule has 0 fully saturated rings. The molecule has 1 amide bonds. The number of rotatable bonds is 7. The van der Waals surface area contributed by atoms with Gasteiger partial charge >= 0.3 is 5.97 Å². The molecule has 0 saturated heterocycles. The largest absolute Gasteiger partial charge is 0.494 e. The smallest absolute Gasteiger partial charge is 0.309 e. The Kier molecular flexibility index (Phi) is 6.72. The van der Waals surface area contributed by atoms with Crippen LogP contribution in [0.15, 0.2) is 24.3 Å². The van der Waals surface area contributed by atoms with Gasteiger partial charge in [-0.15, -0.1) is 0 Å². The van der Waals surface area contributed by atoms with Gasteiger partial charge in [-0.3, -0.25) is 9.59 Å². The minimum Gasteiger partial charge on any atom is -0.494 e. The number of esters is 1. The standard InChI is InChI=1S/C16H23NO4/c1-5-11(3)16(19)21-12(4)15(18)17-13-7-9-14(10-8-13)20-6-2/h7-12H,5-6H2,1-4H3,(H,17,18). The maximum atomic E-state index is 11.9. The maximum Gasteiger partial charge on any atom is 0.309 e. The van der Waals surface area contributed by atoms with Crippen LogP contribution in [0.3, 0.4) is 0 Å². The molecule has 0 radical (unpaired) electrons. The lowest BCUT2D eigenvalue weighted by Gasteiger charge is -2.16. The third kappa shape index (κ3) is 5.45. The second-order valence-electron chi connectivity index (χ2n) is 4.84. The number of ether oxygens (including phenoxy) is 2. The van der Waals surface area contributed by atoms with E-state index in [1.807, 2.05) is 13.8 Å². The van der Waals surface area contributed by atoms with Gasteiger partial charge in [-0.05, 0) is 44.5 Å². The zero-order chi connectivity index (χ0) is 15.8. The molecule has 1 N–H and O–H groups in total. The number of hydrogen-bond donors (Lipinski definition) is 1. The molecule has 21 heavy (non-hydrogen) atoms. The number of nitrogens with one attached hydrogen (secondary N) is 1. The average molecular weight is 293 g/mol. The van der Waals surface area contributed by atoms with Crippen LogP contribution >= 0.6 is 0 Å². The van der Waals surface area contributed by atoms with Gasteiger partial charge in [0, 0.05) is 5.69 Å². The maximum absolute atomic E-state index is 11.9. The first-order chi connectivity index (χ1) is 9.97. The Morgan fingerprint density at radius 3 is 2.29 bits per heavy atom. The van der Waals surface area contributed by atoms with E-state index in [0.717, 1.165) is 5.75 Å². The number of hydrogen-bond acceptors (Lipinski definition) is 4. The van der Waals surface area contributed by atoms with Crippen molar-refractivity contribution in [3.63, 3.8) is 0 Å². The zero-order valence-electron chi connectivity index (χ0n) is 13.0. The molecule has 1 rings (SSSR count). The van der Waals surface area contributed by atoms with Crippen LogP contribution in [0, 0.1) is 5.92 Å². The lowest BCUT2D eigenvalue weighted by atomic mass is 10.1. The van der Waals surface area contributed by atoms with Crippen LogP contribution in [-0.4, -0.2) is 24.6 Å². The number of carbonyl (C=O) groups is 2. The highest BCUT2D eigenvalue weighted by atomic mass is 16.5. The van der Waals surface area contributed by atoms with Crippen molar-refractivity contribution >= 4 is 17.6 Å². The highest BCUT2D eigenvalue weighted by Gasteiger charge is 2.20. The van der Waals surface area contributed by atoms with Gasteiger partial charge in [0.25, 0.3) is 5.91 Å². The Bertz CT molecular complexity index is 470. The van der Waals surface area contributed by atoms with Gasteiger partial charge in [-0.2, -0.15) is 0 Å². The summed E-state index contributed by atoms with van der Waals surface area (Å²) in [7, 11) is 0. The van der Waals surface area contributed by atoms with E-state index in [4.69, 9.17) is 9.47 Å². The molecular formula is C16H23NO4. The molecule has 2 unspecified atom stereocenters. The van der Waals surface area contributed by atoms with Gasteiger partial charge in [0.05, 0.1) is 12.5 Å². The van der Waals surface area contributed by atoms with Crippen LogP contribution in [0.25, 0.3) is 0 Å². The average Bonchev–Trinajstić information content (AvgIpc) is 2.48. The zero-order valence-corrected chi connectivity index (χ0v) is 13.0. The van der Waals surface area contributed by atoms with E-state index < -0.39 is 6.10 Å². The second kappa shape index (κ2) is 8.29. The molecule has 0 aliphatic heterocycles. The molecule has 5 heteroatoms. The van der Waals surface area contributed by atoms with Gasteiger partial charge < -0.3 is 14.8 Å². The molecule has 0 spiro atoms. The van der Waals surface area contributed by atoms with Crippen molar-refractivity contribution in [2.24, 2.45) is 5.92 Å². The quantitative estimate of drug-likeness (QED) is 0.785. The van der Waals surface area contributed by atoms with E-state index in [1.54, 1.807) is 38.1 Å². The minimum atomic E-state index is -0.821. The molecule has 0 aliphatic carbocycles. The summed E-state index contributed by atoms with van der Waals surface area (Å²) in [5.41, 5.74) is 0.634. The van der Waals surface area contributed by atoms with Gasteiger partial charge in [0.15, 0.2) is 6.10 Å². The number of anilines is 1. The lowest BCUT2D eigenvalue weighted by Crippen LogP contribution is -2.31. The van der Waals surface area contributed by atoms with Crippen molar-refractivity contribution in [3.05, 3.63) is 24.3 Å². The van der Waals surface area contributed by atoms with E-state index in [9.17, 15) is 9.59 Å². The molecule has 0 aliphatic rings. The molecule has 1 aromatic rings. The van der Waals surface area contributed by atoms with Crippen molar-refractivity contribution in [2.45, 2.75) is 40.2 Å². The minimum absolute atomic E-state index is 0.203. The first-order valence-corrected chi connectivity index (χ1v) is 7.22. The van der Waals surface area contributed by atoms with Crippen LogP contribution in [0.4, 0.5) is 5.69 Å². The summed E-state index contributed by atoms with van der Waals surface area (Å²) >= 11 is 0. The molecule has 0 saturated carbocycles. The summed E-state index contributed by atoms with van der Waals surface area (Å²) in [4.78, 5) is 23.6. The Morgan fingerprint density at radius 1 is 1.14 bits per heavy atom. The van der Waals surface area contributed by atoms with E-state index in [2.05, 4.69) is 5.32 Å². The first kappa shape index (κ1) is 17.0. The van der Waals surface area contributed by atoms with Crippen molar-refractivity contribution in [3.8, 4) is 5.75 Å². The fraction of sp³-hybridized carbons (Fsp3) is 0.500. The normalized spacial score (nSPS) is 13.1. The highest BCUT2D eigenvalue weighted by molar-refractivity contribution is 5.95. The number of benzene rings is 1. The third-order valence-corrected chi connectivity index (χ3v) is 3.11. The van der Waals surface area contributed by atoms with Gasteiger partial charge in [-0.1, -0.05) is 13.8 Å². The lowest BCUT2D eigenvalue weighted by molar-refractivity contribution is -0.156. The van der Waals surface area contributed by atoms with Crippen molar-refractivity contribution < 1.29 is 19.1 Å². The monoisotopic (exact) mass is 293 g/mol. The molecule has 0 bridgehead atoms. The molecule has 2 atom stereocenters. The third-order valence-electron chi connectivity index (χ3n) is 3.11. The van der Waals surface area contributed by atoms with E-state index >= 15 is 0 Å². The van der Waals surface area contributed by atoms with E-state index in [1.165, 1.54) is 0 Å². The van der Waals surface area contributed by atoms with Crippen molar-refractivity contribution in [1.82, 2.24) is 0 Å². The topological polar surface area (TPSA) is 64.6 Å². The Labute approximate surface area is 125 Å². The van der Waals surface area contributed by atoms with Gasteiger partial charge in [0.2, 0.25) is 0 Å². The first-order valence-electron chi connectivity index (χ1n) is 7.22. The summed E-state index contributed by atoms with van der Waals surface area (Å²) in [5.74, 6) is -0.167. The van der Waals surface area contributed by atoms with Crippen molar-refractivity contribution in [2.75, 3.05) is 11.9 Å². The van der Waals surface area contributed by atoms with Crippen LogP contribution in [-0.2, 0) is 14.3 Å². The summed E-state index contributed by atoms with van der Waals surface area (Å²) in [6.07, 6.45) is -0.135. The van der Waals surface area contributed by atoms with E-state index in [-0.39, 0.29) is 17.8 Å². The highest BCUT2D eigenvalue weighted by Crippen LogP contribution is 2.16. The van der Waals surface area contributed by atoms with Gasteiger partial charge in [0.1, 0.15) is 5.75 Å². The van der Waals surface area contributed by atoms with E-state index in [0.29, 0.717) is 18.7 Å². The van der Waals surface area contributed by atoms with Crippen LogP contribution in [0.5, 0.6) is 5.75 Å². The Morgan fingerprint density at radius 2 is 1.76 bits per heavy atom. The fourth-order valence-corrected chi connectivity index (χ4v) is 1.56. The molecular weight excluding hydrogens is 270 g/mol. The summed E-state index contributed by atoms with van der Waals surface area (Å²) < 4.78 is 10.4. The van der Waals surface area contributed by atoms with Crippen molar-refractivity contribution in [1.29, 1.82) is 0 Å². The predicted octanol–water partition coefficient (Wildman–Crippen LogP) is 3.00. The predicted molar refractivity (Wildman–Crippen MR) is 81.2 cm³/mol. The molecule has 5 nitrogen and oxygen atoms in total. The summed E-state index contributed by atoms with van der Waals surface area (Å²) in [6.45, 7) is 7.73. The molecule has 1 aromatic carbocycles. The fourth-order valence-electron chi connectivity index (χ4n) is 1.56. The molecule has 116 valence electrons. The number of amides is 1. The van der Waals surface area contributed by atoms with Crippen LogP contribution in [0.1, 0.15) is 34.1 Å². The molecule has 0 heterocycles. The molecule has 0 aromatic heterocycles. The van der Waals surface area contributed by atoms with Crippen LogP contribution < -0.4 is 10.1 Å². The SMILES string of the molecule is CCOc1ccc(NC(=O)C(C)OC(=O)C(C)CC)cc1. The Balaban J connectivity index is 2.53. The second-order valence-corrected chi connectivity index (χ2v) is 4.84. The van der Waals surface area contributed by atoms with Gasteiger partial charge in [-0.25, -0.2) is 0 Å². The Hall–Kier alpha value is -2.04.